The van der Waals surface area contributed by atoms with Crippen LogP contribution in [-0.4, -0.2) is 79.6 Å². The van der Waals surface area contributed by atoms with Crippen LogP contribution in [0.3, 0.4) is 0 Å². The second-order valence-electron chi connectivity index (χ2n) is 11.3. The van der Waals surface area contributed by atoms with Crippen molar-refractivity contribution in [2.45, 2.75) is 76.7 Å². The number of piperidine rings is 1. The minimum atomic E-state index is -0.208. The molecule has 4 aliphatic rings. The van der Waals surface area contributed by atoms with Crippen LogP contribution in [0.1, 0.15) is 70.6 Å². The number of rotatable bonds is 7. The quantitative estimate of drug-likeness (QED) is 0.548. The van der Waals surface area contributed by atoms with Gasteiger partial charge in [-0.2, -0.15) is 0 Å². The molecule has 190 valence electrons. The average molecular weight is 475 g/mol. The summed E-state index contributed by atoms with van der Waals surface area (Å²) in [6.07, 6.45) is 11.6. The van der Waals surface area contributed by atoms with E-state index in [1.165, 1.54) is 12.8 Å². The lowest BCUT2D eigenvalue weighted by molar-refractivity contribution is -0.128. The normalized spacial score (nSPS) is 30.3. The number of carbonyl (C=O) groups excluding carboxylic acids is 4. The molecule has 1 unspecified atom stereocenters. The predicted octanol–water partition coefficient (Wildman–Crippen LogP) is 1.73. The van der Waals surface area contributed by atoms with Gasteiger partial charge in [-0.05, 0) is 82.7 Å². The van der Waals surface area contributed by atoms with Gasteiger partial charge in [0.1, 0.15) is 6.29 Å². The summed E-state index contributed by atoms with van der Waals surface area (Å²) in [5.74, 6) is 0.401. The zero-order valence-corrected chi connectivity index (χ0v) is 20.7. The summed E-state index contributed by atoms with van der Waals surface area (Å²) in [5.41, 5.74) is 0.382. The van der Waals surface area contributed by atoms with E-state index in [1.807, 2.05) is 0 Å². The van der Waals surface area contributed by atoms with Crippen molar-refractivity contribution in [3.8, 4) is 0 Å². The van der Waals surface area contributed by atoms with Crippen LogP contribution < -0.4 is 10.6 Å². The summed E-state index contributed by atoms with van der Waals surface area (Å²) < 4.78 is 0. The minimum Gasteiger partial charge on any atom is -0.355 e. The maximum absolute atomic E-state index is 12.8. The molecule has 0 aromatic rings. The Hall–Kier alpha value is -1.96. The molecule has 2 N–H and O–H groups in total. The number of nitrogens with one attached hydrogen (secondary N) is 2. The van der Waals surface area contributed by atoms with Gasteiger partial charge in [0, 0.05) is 51.0 Å². The molecule has 2 saturated carbocycles. The molecular formula is C26H42N4O4. The largest absolute Gasteiger partial charge is 0.355 e. The third kappa shape index (κ3) is 6.18. The topological polar surface area (TPSA) is 98.8 Å². The smallest absolute Gasteiger partial charge is 0.225 e. The van der Waals surface area contributed by atoms with Crippen molar-refractivity contribution in [1.29, 1.82) is 0 Å². The highest BCUT2D eigenvalue weighted by Gasteiger charge is 2.40. The average Bonchev–Trinajstić information content (AvgIpc) is 3.19. The molecule has 0 aromatic heterocycles. The van der Waals surface area contributed by atoms with Gasteiger partial charge in [0.15, 0.2) is 0 Å². The van der Waals surface area contributed by atoms with E-state index in [9.17, 15) is 19.2 Å². The molecule has 1 spiro atoms. The molecule has 4 rings (SSSR count). The van der Waals surface area contributed by atoms with Crippen molar-refractivity contribution < 1.29 is 19.2 Å². The monoisotopic (exact) mass is 474 g/mol. The highest BCUT2D eigenvalue weighted by molar-refractivity contribution is 5.89. The summed E-state index contributed by atoms with van der Waals surface area (Å²) in [6, 6.07) is 0.249. The van der Waals surface area contributed by atoms with Crippen molar-refractivity contribution in [3.63, 3.8) is 0 Å². The standard InChI is InChI=1S/C26H42N4O4/c1-29-17-21(16-23(29)32)24(33)27-12-15-30-13-10-26(11-14-30)8-6-20(7-9-26)25(34)28-22-4-2-19(18-31)3-5-22/h18-22H,2-17H2,1H3,(H,27,33)(H,28,34). The summed E-state index contributed by atoms with van der Waals surface area (Å²) in [6.45, 7) is 4.12. The van der Waals surface area contributed by atoms with Gasteiger partial charge in [0.2, 0.25) is 17.7 Å². The number of likely N-dealkylation sites (tertiary alicyclic amines) is 2. The number of carbonyl (C=O) groups is 4. The first kappa shape index (κ1) is 25.1. The number of hydrogen-bond acceptors (Lipinski definition) is 5. The second-order valence-corrected chi connectivity index (χ2v) is 11.3. The third-order valence-corrected chi connectivity index (χ3v) is 9.08. The predicted molar refractivity (Wildman–Crippen MR) is 129 cm³/mol. The van der Waals surface area contributed by atoms with E-state index in [1.54, 1.807) is 11.9 Å². The Morgan fingerprint density at radius 2 is 1.65 bits per heavy atom. The summed E-state index contributed by atoms with van der Waals surface area (Å²) in [7, 11) is 1.75. The van der Waals surface area contributed by atoms with Crippen molar-refractivity contribution in [2.75, 3.05) is 39.8 Å². The maximum Gasteiger partial charge on any atom is 0.225 e. The fourth-order valence-corrected chi connectivity index (χ4v) is 6.48. The van der Waals surface area contributed by atoms with E-state index >= 15 is 0 Å². The Kier molecular flexibility index (Phi) is 8.27. The minimum absolute atomic E-state index is 0.000406. The molecule has 0 aromatic carbocycles. The molecular weight excluding hydrogens is 432 g/mol. The Morgan fingerprint density at radius 3 is 2.24 bits per heavy atom. The van der Waals surface area contributed by atoms with Crippen LogP contribution in [0.4, 0.5) is 0 Å². The molecule has 2 aliphatic carbocycles. The van der Waals surface area contributed by atoms with Crippen molar-refractivity contribution in [1.82, 2.24) is 20.4 Å². The van der Waals surface area contributed by atoms with E-state index in [0.29, 0.717) is 24.9 Å². The van der Waals surface area contributed by atoms with Crippen LogP contribution in [0.2, 0.25) is 0 Å². The number of amides is 3. The van der Waals surface area contributed by atoms with E-state index in [4.69, 9.17) is 0 Å². The van der Waals surface area contributed by atoms with Gasteiger partial charge in [-0.3, -0.25) is 14.4 Å². The van der Waals surface area contributed by atoms with Crippen LogP contribution in [0.15, 0.2) is 0 Å². The van der Waals surface area contributed by atoms with Gasteiger partial charge in [-0.25, -0.2) is 0 Å². The summed E-state index contributed by atoms with van der Waals surface area (Å²) in [5, 5.41) is 6.29. The molecule has 2 heterocycles. The summed E-state index contributed by atoms with van der Waals surface area (Å²) >= 11 is 0. The molecule has 0 radical (unpaired) electrons. The van der Waals surface area contributed by atoms with Crippen molar-refractivity contribution >= 4 is 24.0 Å². The lowest BCUT2D eigenvalue weighted by Crippen LogP contribution is -2.47. The highest BCUT2D eigenvalue weighted by atomic mass is 16.2. The molecule has 2 aliphatic heterocycles. The van der Waals surface area contributed by atoms with E-state index < -0.39 is 0 Å². The molecule has 3 amide bonds. The fraction of sp³-hybridized carbons (Fsp3) is 0.846. The molecule has 8 heteroatoms. The van der Waals surface area contributed by atoms with Crippen LogP contribution >= 0.6 is 0 Å². The molecule has 0 bridgehead atoms. The first-order chi connectivity index (χ1) is 16.4. The molecule has 8 nitrogen and oxygen atoms in total. The first-order valence-electron chi connectivity index (χ1n) is 13.4. The van der Waals surface area contributed by atoms with Crippen LogP contribution in [0, 0.1) is 23.2 Å². The Labute approximate surface area is 203 Å². The van der Waals surface area contributed by atoms with E-state index in [2.05, 4.69) is 15.5 Å². The Bertz CT molecular complexity index is 746. The van der Waals surface area contributed by atoms with Crippen LogP contribution in [0.5, 0.6) is 0 Å². The lowest BCUT2D eigenvalue weighted by atomic mass is 9.65. The molecule has 34 heavy (non-hydrogen) atoms. The van der Waals surface area contributed by atoms with E-state index in [-0.39, 0.29) is 41.5 Å². The summed E-state index contributed by atoms with van der Waals surface area (Å²) in [4.78, 5) is 51.7. The first-order valence-corrected chi connectivity index (χ1v) is 13.4. The molecule has 1 atom stereocenters. The second kappa shape index (κ2) is 11.2. The molecule has 2 saturated heterocycles. The SMILES string of the molecule is CN1CC(C(=O)NCCN2CCC3(CCC(C(=O)NC4CCC(C=O)CC4)CC3)CC2)CC1=O. The third-order valence-electron chi connectivity index (χ3n) is 9.08. The Morgan fingerprint density at radius 1 is 0.971 bits per heavy atom. The zero-order chi connectivity index (χ0) is 24.1. The van der Waals surface area contributed by atoms with Gasteiger partial charge >= 0.3 is 0 Å². The van der Waals surface area contributed by atoms with Crippen LogP contribution in [0.25, 0.3) is 0 Å². The van der Waals surface area contributed by atoms with Gasteiger partial charge in [-0.15, -0.1) is 0 Å². The zero-order valence-electron chi connectivity index (χ0n) is 20.7. The number of hydrogen-bond donors (Lipinski definition) is 2. The lowest BCUT2D eigenvalue weighted by Gasteiger charge is -2.46. The highest BCUT2D eigenvalue weighted by Crippen LogP contribution is 2.46. The van der Waals surface area contributed by atoms with Gasteiger partial charge in [0.25, 0.3) is 0 Å². The number of aldehydes is 1. The molecule has 4 fully saturated rings. The Balaban J connectivity index is 1.11. The fourth-order valence-electron chi connectivity index (χ4n) is 6.48. The van der Waals surface area contributed by atoms with E-state index in [0.717, 1.165) is 77.3 Å². The van der Waals surface area contributed by atoms with Gasteiger partial charge in [-0.1, -0.05) is 0 Å². The number of nitrogens with zero attached hydrogens (tertiary/aromatic N) is 2. The maximum atomic E-state index is 12.8. The van der Waals surface area contributed by atoms with Gasteiger partial charge in [0.05, 0.1) is 5.92 Å². The van der Waals surface area contributed by atoms with Gasteiger partial charge < -0.3 is 25.2 Å². The van der Waals surface area contributed by atoms with Crippen molar-refractivity contribution in [3.05, 3.63) is 0 Å². The van der Waals surface area contributed by atoms with Crippen LogP contribution in [-0.2, 0) is 19.2 Å². The van der Waals surface area contributed by atoms with Crippen molar-refractivity contribution in [2.24, 2.45) is 23.2 Å².